The van der Waals surface area contributed by atoms with Gasteiger partial charge in [-0.05, 0) is 62.0 Å². The highest BCUT2D eigenvalue weighted by Gasteiger charge is 2.42. The molecule has 0 spiro atoms. The van der Waals surface area contributed by atoms with E-state index in [1.165, 1.54) is 12.0 Å². The van der Waals surface area contributed by atoms with Gasteiger partial charge >= 0.3 is 12.1 Å². The first kappa shape index (κ1) is 18.7. The Kier molecular flexibility index (Phi) is 5.80. The smallest absolute Gasteiger partial charge is 0.395 e. The van der Waals surface area contributed by atoms with Gasteiger partial charge in [0.25, 0.3) is 0 Å². The number of rotatable bonds is 3. The van der Waals surface area contributed by atoms with Crippen LogP contribution in [0.2, 0.25) is 0 Å². The van der Waals surface area contributed by atoms with Gasteiger partial charge in [-0.2, -0.15) is 0 Å². The average Bonchev–Trinajstić information content (AvgIpc) is 2.62. The molecule has 0 aliphatic heterocycles. The summed E-state index contributed by atoms with van der Waals surface area (Å²) < 4.78 is 10.1. The Hall–Kier alpha value is -2.10. The van der Waals surface area contributed by atoms with E-state index in [1.54, 1.807) is 24.3 Å². The van der Waals surface area contributed by atoms with Crippen molar-refractivity contribution in [2.45, 2.75) is 46.5 Å². The van der Waals surface area contributed by atoms with Crippen LogP contribution in [0.1, 0.15) is 46.5 Å². The van der Waals surface area contributed by atoms with Crippen LogP contribution in [0.5, 0.6) is 5.75 Å². The van der Waals surface area contributed by atoms with E-state index in [0.29, 0.717) is 23.5 Å². The van der Waals surface area contributed by atoms with Gasteiger partial charge in [-0.1, -0.05) is 50.1 Å². The lowest BCUT2D eigenvalue weighted by atomic mass is 9.60. The van der Waals surface area contributed by atoms with Crippen molar-refractivity contribution in [3.05, 3.63) is 42.0 Å². The van der Waals surface area contributed by atoms with E-state index in [2.05, 4.69) is 19.9 Å². The Morgan fingerprint density at radius 3 is 2.58 bits per heavy atom. The van der Waals surface area contributed by atoms with E-state index in [1.807, 2.05) is 13.0 Å². The maximum atomic E-state index is 12.5. The molecule has 0 aromatic heterocycles. The van der Waals surface area contributed by atoms with E-state index in [4.69, 9.17) is 9.47 Å². The quantitative estimate of drug-likeness (QED) is 0.316. The second kappa shape index (κ2) is 8.07. The van der Waals surface area contributed by atoms with Gasteiger partial charge < -0.3 is 9.47 Å². The number of carbonyl (C=O) groups excluding carboxylic acids is 2. The van der Waals surface area contributed by atoms with Crippen molar-refractivity contribution < 1.29 is 19.1 Å². The Morgan fingerprint density at radius 2 is 1.85 bits per heavy atom. The van der Waals surface area contributed by atoms with Gasteiger partial charge in [0.05, 0.1) is 5.92 Å². The van der Waals surface area contributed by atoms with Crippen LogP contribution in [0.25, 0.3) is 0 Å². The molecule has 0 amide bonds. The predicted molar refractivity (Wildman–Crippen MR) is 99.6 cm³/mol. The summed E-state index contributed by atoms with van der Waals surface area (Å²) in [6.07, 6.45) is 5.88. The van der Waals surface area contributed by atoms with Crippen molar-refractivity contribution in [1.29, 1.82) is 0 Å². The van der Waals surface area contributed by atoms with Gasteiger partial charge in [0.2, 0.25) is 0 Å². The lowest BCUT2D eigenvalue weighted by Gasteiger charge is -2.45. The maximum absolute atomic E-state index is 12.5. The summed E-state index contributed by atoms with van der Waals surface area (Å²) in [6, 6.07) is 8.64. The molecule has 2 aliphatic rings. The number of ether oxygens (including phenoxy) is 2. The molecular weight excluding hydrogens is 328 g/mol. The second-order valence-corrected chi connectivity index (χ2v) is 7.89. The molecule has 26 heavy (non-hydrogen) atoms. The number of fused-ring (bicyclic) bond motifs is 1. The van der Waals surface area contributed by atoms with Crippen LogP contribution in [0.3, 0.4) is 0 Å². The number of benzene rings is 1. The van der Waals surface area contributed by atoms with Crippen LogP contribution in [-0.2, 0) is 9.53 Å². The molecule has 4 nitrogen and oxygen atoms in total. The molecule has 140 valence electrons. The molecule has 1 fully saturated rings. The summed E-state index contributed by atoms with van der Waals surface area (Å²) in [7, 11) is 0. The molecule has 0 bridgehead atoms. The van der Waals surface area contributed by atoms with Crippen molar-refractivity contribution >= 4 is 12.1 Å². The number of esters is 1. The topological polar surface area (TPSA) is 52.6 Å². The van der Waals surface area contributed by atoms with Crippen molar-refractivity contribution in [3.8, 4) is 5.75 Å². The molecule has 2 aliphatic carbocycles. The zero-order valence-electron chi connectivity index (χ0n) is 15.8. The van der Waals surface area contributed by atoms with E-state index in [-0.39, 0.29) is 11.8 Å². The standard InChI is InChI=1S/C22H28O4/c1-14-9-11-18-15(2)10-12-19(20(18)13-14)16(3)21(23)26-22(24)25-17-7-5-4-6-8-17/h4-8,13,15-16,18-20H,9-12H2,1-3H3/t15-,16?,18+,19?,20+/m1/s1. The predicted octanol–water partition coefficient (Wildman–Crippen LogP) is 5.38. The van der Waals surface area contributed by atoms with Crippen LogP contribution < -0.4 is 4.74 Å². The molecule has 0 N–H and O–H groups in total. The minimum atomic E-state index is -0.954. The van der Waals surface area contributed by atoms with E-state index < -0.39 is 12.1 Å². The van der Waals surface area contributed by atoms with Gasteiger partial charge in [0, 0.05) is 0 Å². The van der Waals surface area contributed by atoms with Crippen molar-refractivity contribution in [3.63, 3.8) is 0 Å². The molecule has 5 atom stereocenters. The third-order valence-corrected chi connectivity index (χ3v) is 6.17. The first-order chi connectivity index (χ1) is 12.5. The largest absolute Gasteiger partial charge is 0.521 e. The average molecular weight is 356 g/mol. The summed E-state index contributed by atoms with van der Waals surface area (Å²) in [5.41, 5.74) is 1.41. The lowest BCUT2D eigenvalue weighted by Crippen LogP contribution is -2.40. The number of para-hydroxylation sites is 1. The van der Waals surface area contributed by atoms with Gasteiger partial charge in [0.15, 0.2) is 0 Å². The van der Waals surface area contributed by atoms with Crippen molar-refractivity contribution in [2.75, 3.05) is 0 Å². The number of hydrogen-bond donors (Lipinski definition) is 0. The normalized spacial score (nSPS) is 29.1. The van der Waals surface area contributed by atoms with Gasteiger partial charge in [-0.15, -0.1) is 0 Å². The second-order valence-electron chi connectivity index (χ2n) is 7.89. The fourth-order valence-electron chi connectivity index (χ4n) is 4.63. The van der Waals surface area contributed by atoms with Gasteiger partial charge in [-0.3, -0.25) is 4.79 Å². The molecule has 0 heterocycles. The number of hydrogen-bond acceptors (Lipinski definition) is 4. The Bertz CT molecular complexity index is 679. The Labute approximate surface area is 155 Å². The summed E-state index contributed by atoms with van der Waals surface area (Å²) in [4.78, 5) is 24.5. The van der Waals surface area contributed by atoms with Gasteiger partial charge in [-0.25, -0.2) is 4.79 Å². The molecule has 1 saturated carbocycles. The molecule has 4 heteroatoms. The van der Waals surface area contributed by atoms with Crippen molar-refractivity contribution in [1.82, 2.24) is 0 Å². The Balaban J connectivity index is 1.64. The maximum Gasteiger partial charge on any atom is 0.521 e. The van der Waals surface area contributed by atoms with Crippen LogP contribution in [0, 0.1) is 29.6 Å². The highest BCUT2D eigenvalue weighted by atomic mass is 16.7. The monoisotopic (exact) mass is 356 g/mol. The minimum Gasteiger partial charge on any atom is -0.395 e. The Morgan fingerprint density at radius 1 is 1.12 bits per heavy atom. The first-order valence-electron chi connectivity index (χ1n) is 9.61. The number of allylic oxidation sites excluding steroid dienone is 2. The minimum absolute atomic E-state index is 0.225. The zero-order chi connectivity index (χ0) is 18.7. The van der Waals surface area contributed by atoms with Crippen molar-refractivity contribution in [2.24, 2.45) is 29.6 Å². The van der Waals surface area contributed by atoms with Crippen LogP contribution >= 0.6 is 0 Å². The summed E-state index contributed by atoms with van der Waals surface area (Å²) in [6.45, 7) is 6.38. The van der Waals surface area contributed by atoms with E-state index in [9.17, 15) is 9.59 Å². The van der Waals surface area contributed by atoms with E-state index in [0.717, 1.165) is 19.3 Å². The fourth-order valence-corrected chi connectivity index (χ4v) is 4.63. The first-order valence-corrected chi connectivity index (χ1v) is 9.61. The molecule has 3 rings (SSSR count). The summed E-state index contributed by atoms with van der Waals surface area (Å²) >= 11 is 0. The summed E-state index contributed by atoms with van der Waals surface area (Å²) in [5, 5.41) is 0. The molecule has 0 saturated heterocycles. The fraction of sp³-hybridized carbons (Fsp3) is 0.545. The van der Waals surface area contributed by atoms with E-state index >= 15 is 0 Å². The highest BCUT2D eigenvalue weighted by Crippen LogP contribution is 2.48. The lowest BCUT2D eigenvalue weighted by molar-refractivity contribution is -0.146. The highest BCUT2D eigenvalue weighted by molar-refractivity contribution is 5.84. The van der Waals surface area contributed by atoms with Crippen LogP contribution in [0.15, 0.2) is 42.0 Å². The number of carbonyl (C=O) groups is 2. The molecule has 1 aromatic carbocycles. The van der Waals surface area contributed by atoms with Crippen LogP contribution in [0.4, 0.5) is 4.79 Å². The third-order valence-electron chi connectivity index (χ3n) is 6.17. The molecule has 2 unspecified atom stereocenters. The third kappa shape index (κ3) is 4.17. The van der Waals surface area contributed by atoms with Crippen LogP contribution in [-0.4, -0.2) is 12.1 Å². The molecular formula is C22H28O4. The molecule has 1 aromatic rings. The summed E-state index contributed by atoms with van der Waals surface area (Å²) in [5.74, 6) is 1.51. The zero-order valence-corrected chi connectivity index (χ0v) is 15.8. The van der Waals surface area contributed by atoms with Gasteiger partial charge in [0.1, 0.15) is 5.75 Å². The SMILES string of the molecule is CC1=C[C@@H]2C(C(C)C(=O)OC(=O)Oc3ccccc3)CC[C@@H](C)[C@@H]2CC1. The molecule has 0 radical (unpaired) electrons.